The molecule has 0 unspecified atom stereocenters. The number of ether oxygens (including phenoxy) is 4. The van der Waals surface area contributed by atoms with E-state index < -0.39 is 5.54 Å². The van der Waals surface area contributed by atoms with Gasteiger partial charge in [-0.2, -0.15) is 0 Å². The average molecular weight is 496 g/mol. The number of benzene rings is 2. The molecule has 5 rings (SSSR count). The molecule has 2 fully saturated rings. The Morgan fingerprint density at radius 3 is 2.61 bits per heavy atom. The summed E-state index contributed by atoms with van der Waals surface area (Å²) in [6, 6.07) is 13.4. The summed E-state index contributed by atoms with van der Waals surface area (Å²) in [5.74, 6) is 2.15. The molecule has 3 amide bonds. The molecular formula is C27H33N3O6. The van der Waals surface area contributed by atoms with Crippen molar-refractivity contribution in [1.29, 1.82) is 0 Å². The number of methoxy groups -OCH3 is 2. The Morgan fingerprint density at radius 1 is 1.03 bits per heavy atom. The van der Waals surface area contributed by atoms with Crippen molar-refractivity contribution in [2.24, 2.45) is 5.92 Å². The second-order valence-corrected chi connectivity index (χ2v) is 9.62. The van der Waals surface area contributed by atoms with Crippen LogP contribution in [-0.4, -0.2) is 74.5 Å². The third kappa shape index (κ3) is 4.73. The lowest BCUT2D eigenvalue weighted by atomic mass is 9.74. The van der Waals surface area contributed by atoms with Crippen molar-refractivity contribution in [2.45, 2.75) is 31.3 Å². The predicted octanol–water partition coefficient (Wildman–Crippen LogP) is 2.82. The van der Waals surface area contributed by atoms with Crippen molar-refractivity contribution in [3.05, 3.63) is 53.6 Å². The van der Waals surface area contributed by atoms with Gasteiger partial charge in [-0.1, -0.05) is 18.2 Å². The molecule has 9 nitrogen and oxygen atoms in total. The molecule has 9 heteroatoms. The minimum Gasteiger partial charge on any atom is -0.497 e. The lowest BCUT2D eigenvalue weighted by Gasteiger charge is -2.41. The standard InChI is InChI=1S/C27H33N3O6/c1-33-13-12-30-25(31)27(28-26(30)32,16-19-4-3-5-22(14-19)34-2)21-8-10-29(11-9-21)17-20-6-7-23-24(15-20)36-18-35-23/h3-7,14-15,21H,8-13,16-18H2,1-2H3,(H,28,32)/t27-/m1/s1. The Kier molecular flexibility index (Phi) is 7.02. The van der Waals surface area contributed by atoms with Crippen LogP contribution in [0.15, 0.2) is 42.5 Å². The zero-order chi connectivity index (χ0) is 25.1. The molecule has 3 aliphatic heterocycles. The first-order valence-corrected chi connectivity index (χ1v) is 12.4. The molecule has 0 aliphatic carbocycles. The van der Waals surface area contributed by atoms with Crippen LogP contribution in [0.3, 0.4) is 0 Å². The van der Waals surface area contributed by atoms with Crippen LogP contribution < -0.4 is 19.5 Å². The van der Waals surface area contributed by atoms with Crippen LogP contribution >= 0.6 is 0 Å². The summed E-state index contributed by atoms with van der Waals surface area (Å²) < 4.78 is 21.5. The highest BCUT2D eigenvalue weighted by Gasteiger charge is 2.55. The fourth-order valence-electron chi connectivity index (χ4n) is 5.56. The predicted molar refractivity (Wildman–Crippen MR) is 132 cm³/mol. The summed E-state index contributed by atoms with van der Waals surface area (Å²) in [5.41, 5.74) is 1.14. The third-order valence-electron chi connectivity index (χ3n) is 7.47. The summed E-state index contributed by atoms with van der Waals surface area (Å²) in [7, 11) is 3.19. The Labute approximate surface area is 211 Å². The van der Waals surface area contributed by atoms with Crippen LogP contribution in [0.1, 0.15) is 24.0 Å². The first-order chi connectivity index (χ1) is 17.5. The van der Waals surface area contributed by atoms with Gasteiger partial charge in [0.1, 0.15) is 11.3 Å². The van der Waals surface area contributed by atoms with E-state index in [1.165, 1.54) is 10.5 Å². The molecule has 2 saturated heterocycles. The second-order valence-electron chi connectivity index (χ2n) is 9.62. The van der Waals surface area contributed by atoms with E-state index in [1.54, 1.807) is 14.2 Å². The molecule has 192 valence electrons. The number of hydrogen-bond acceptors (Lipinski definition) is 7. The zero-order valence-corrected chi connectivity index (χ0v) is 20.8. The fraction of sp³-hybridized carbons (Fsp3) is 0.481. The molecule has 1 N–H and O–H groups in total. The lowest BCUT2D eigenvalue weighted by molar-refractivity contribution is -0.134. The van der Waals surface area contributed by atoms with Gasteiger partial charge < -0.3 is 24.3 Å². The maximum atomic E-state index is 13.8. The SMILES string of the molecule is COCCN1C(=O)N[C@](Cc2cccc(OC)c2)(C2CCN(Cc3ccc4c(c3)OCO4)CC2)C1=O. The number of nitrogens with one attached hydrogen (secondary N) is 1. The maximum Gasteiger partial charge on any atom is 0.325 e. The summed E-state index contributed by atoms with van der Waals surface area (Å²) >= 11 is 0. The molecule has 3 aliphatic rings. The molecule has 36 heavy (non-hydrogen) atoms. The number of hydrogen-bond donors (Lipinski definition) is 1. The van der Waals surface area contributed by atoms with Crippen molar-refractivity contribution < 1.29 is 28.5 Å². The number of amides is 3. The summed E-state index contributed by atoms with van der Waals surface area (Å²) in [6.07, 6.45) is 2.03. The number of piperidine rings is 1. The molecule has 2 aromatic carbocycles. The number of carbonyl (C=O) groups excluding carboxylic acids is 2. The van der Waals surface area contributed by atoms with E-state index in [1.807, 2.05) is 36.4 Å². The van der Waals surface area contributed by atoms with Gasteiger partial charge in [0.05, 0.1) is 20.3 Å². The number of fused-ring (bicyclic) bond motifs is 1. The highest BCUT2D eigenvalue weighted by Crippen LogP contribution is 2.38. The monoisotopic (exact) mass is 495 g/mol. The van der Waals surface area contributed by atoms with E-state index in [9.17, 15) is 9.59 Å². The molecular weight excluding hydrogens is 462 g/mol. The number of nitrogens with zero attached hydrogens (tertiary/aromatic N) is 2. The van der Waals surface area contributed by atoms with Crippen LogP contribution in [0.2, 0.25) is 0 Å². The van der Waals surface area contributed by atoms with Gasteiger partial charge in [-0.15, -0.1) is 0 Å². The van der Waals surface area contributed by atoms with Gasteiger partial charge in [0, 0.05) is 20.1 Å². The van der Waals surface area contributed by atoms with Crippen molar-refractivity contribution in [3.63, 3.8) is 0 Å². The Hall–Kier alpha value is -3.30. The molecule has 0 aromatic heterocycles. The van der Waals surface area contributed by atoms with Gasteiger partial charge in [-0.05, 0) is 67.2 Å². The lowest BCUT2D eigenvalue weighted by Crippen LogP contribution is -2.57. The van der Waals surface area contributed by atoms with Gasteiger partial charge in [0.2, 0.25) is 6.79 Å². The Bertz CT molecular complexity index is 1120. The van der Waals surface area contributed by atoms with Gasteiger partial charge in [-0.25, -0.2) is 4.79 Å². The smallest absolute Gasteiger partial charge is 0.325 e. The van der Waals surface area contributed by atoms with E-state index in [2.05, 4.69) is 16.3 Å². The molecule has 0 radical (unpaired) electrons. The van der Waals surface area contributed by atoms with Gasteiger partial charge in [0.15, 0.2) is 11.5 Å². The molecule has 1 atom stereocenters. The number of likely N-dealkylation sites (tertiary alicyclic amines) is 1. The van der Waals surface area contributed by atoms with Gasteiger partial charge in [-0.3, -0.25) is 14.6 Å². The Balaban J connectivity index is 1.33. The molecule has 2 aromatic rings. The van der Waals surface area contributed by atoms with Crippen LogP contribution in [-0.2, 0) is 22.5 Å². The fourth-order valence-corrected chi connectivity index (χ4v) is 5.56. The largest absolute Gasteiger partial charge is 0.497 e. The summed E-state index contributed by atoms with van der Waals surface area (Å²) in [5, 5.41) is 3.12. The highest BCUT2D eigenvalue weighted by molar-refractivity contribution is 6.07. The summed E-state index contributed by atoms with van der Waals surface area (Å²) in [4.78, 5) is 30.4. The van der Waals surface area contributed by atoms with Crippen LogP contribution in [0, 0.1) is 5.92 Å². The van der Waals surface area contributed by atoms with E-state index in [0.29, 0.717) is 13.0 Å². The normalized spacial score (nSPS) is 22.2. The minimum absolute atomic E-state index is 0.0145. The van der Waals surface area contributed by atoms with E-state index in [4.69, 9.17) is 18.9 Å². The molecule has 0 saturated carbocycles. The second kappa shape index (κ2) is 10.4. The highest BCUT2D eigenvalue weighted by atomic mass is 16.7. The van der Waals surface area contributed by atoms with Crippen molar-refractivity contribution in [1.82, 2.24) is 15.1 Å². The van der Waals surface area contributed by atoms with Gasteiger partial charge >= 0.3 is 6.03 Å². The molecule has 3 heterocycles. The number of carbonyl (C=O) groups is 2. The number of imide groups is 1. The third-order valence-corrected chi connectivity index (χ3v) is 7.47. The van der Waals surface area contributed by atoms with E-state index >= 15 is 0 Å². The first kappa shape index (κ1) is 24.4. The van der Waals surface area contributed by atoms with E-state index in [-0.39, 0.29) is 31.2 Å². The molecule has 0 bridgehead atoms. The average Bonchev–Trinajstić information content (AvgIpc) is 3.45. The minimum atomic E-state index is -0.984. The van der Waals surface area contributed by atoms with E-state index in [0.717, 1.165) is 55.3 Å². The first-order valence-electron chi connectivity index (χ1n) is 12.4. The summed E-state index contributed by atoms with van der Waals surface area (Å²) in [6.45, 7) is 3.28. The molecule has 0 spiro atoms. The Morgan fingerprint density at radius 2 is 1.83 bits per heavy atom. The van der Waals surface area contributed by atoms with Crippen molar-refractivity contribution in [2.75, 3.05) is 47.3 Å². The van der Waals surface area contributed by atoms with Crippen LogP contribution in [0.25, 0.3) is 0 Å². The van der Waals surface area contributed by atoms with Gasteiger partial charge in [0.25, 0.3) is 5.91 Å². The maximum absolute atomic E-state index is 13.8. The van der Waals surface area contributed by atoms with Crippen LogP contribution in [0.4, 0.5) is 4.79 Å². The van der Waals surface area contributed by atoms with Crippen molar-refractivity contribution in [3.8, 4) is 17.2 Å². The van der Waals surface area contributed by atoms with Crippen molar-refractivity contribution >= 4 is 11.9 Å². The topological polar surface area (TPSA) is 89.6 Å². The van der Waals surface area contributed by atoms with Crippen LogP contribution in [0.5, 0.6) is 17.2 Å². The zero-order valence-electron chi connectivity index (χ0n) is 20.8. The number of rotatable bonds is 9. The number of urea groups is 1. The quantitative estimate of drug-likeness (QED) is 0.535.